The van der Waals surface area contributed by atoms with Gasteiger partial charge in [-0.15, -0.1) is 11.3 Å². The van der Waals surface area contributed by atoms with Gasteiger partial charge in [0.15, 0.2) is 11.5 Å². The number of pyridine rings is 1. The van der Waals surface area contributed by atoms with Crippen molar-refractivity contribution in [3.8, 4) is 22.2 Å². The van der Waals surface area contributed by atoms with Gasteiger partial charge in [-0.05, 0) is 43.5 Å². The number of ether oxygens (including phenoxy) is 2. The lowest BCUT2D eigenvalue weighted by atomic mass is 9.90. The summed E-state index contributed by atoms with van der Waals surface area (Å²) in [7, 11) is 0. The molecule has 0 radical (unpaired) electrons. The molecule has 3 heterocycles. The summed E-state index contributed by atoms with van der Waals surface area (Å²) in [6.07, 6.45) is 4.11. The highest BCUT2D eigenvalue weighted by Crippen LogP contribution is 2.35. The van der Waals surface area contributed by atoms with Crippen LogP contribution in [0.4, 0.5) is 5.69 Å². The van der Waals surface area contributed by atoms with Crippen LogP contribution in [0.15, 0.2) is 42.6 Å². The molecule has 1 aliphatic carbocycles. The van der Waals surface area contributed by atoms with Crippen molar-refractivity contribution in [2.24, 2.45) is 5.92 Å². The van der Waals surface area contributed by atoms with E-state index in [4.69, 9.17) is 14.5 Å². The van der Waals surface area contributed by atoms with E-state index in [0.717, 1.165) is 47.1 Å². The molecular formula is C21H19N3O3S. The van der Waals surface area contributed by atoms with E-state index in [-0.39, 0.29) is 11.8 Å². The van der Waals surface area contributed by atoms with Crippen LogP contribution in [0.3, 0.4) is 0 Å². The highest BCUT2D eigenvalue weighted by molar-refractivity contribution is 7.15. The van der Waals surface area contributed by atoms with E-state index in [1.807, 2.05) is 36.4 Å². The van der Waals surface area contributed by atoms with Crippen LogP contribution in [0.2, 0.25) is 0 Å². The Morgan fingerprint density at radius 2 is 2.04 bits per heavy atom. The second kappa shape index (κ2) is 7.24. The molecule has 0 saturated carbocycles. The Morgan fingerprint density at radius 3 is 2.89 bits per heavy atom. The molecule has 6 nitrogen and oxygen atoms in total. The fraction of sp³-hybridized carbons (Fsp3) is 0.286. The average Bonchev–Trinajstić information content (AvgIpc) is 3.18. The minimum absolute atomic E-state index is 0.0371. The first-order valence-corrected chi connectivity index (χ1v) is 10.2. The van der Waals surface area contributed by atoms with Crippen LogP contribution in [-0.4, -0.2) is 29.1 Å². The molecule has 142 valence electrons. The van der Waals surface area contributed by atoms with Gasteiger partial charge in [-0.25, -0.2) is 4.98 Å². The number of hydrogen-bond donors (Lipinski definition) is 1. The van der Waals surface area contributed by atoms with Gasteiger partial charge in [0.2, 0.25) is 5.91 Å². The Kier molecular flexibility index (Phi) is 4.44. The number of nitrogens with zero attached hydrogens (tertiary/aromatic N) is 2. The fourth-order valence-corrected chi connectivity index (χ4v) is 4.73. The first-order chi connectivity index (χ1) is 13.8. The lowest BCUT2D eigenvalue weighted by molar-refractivity contribution is -0.120. The molecule has 3 aromatic rings. The fourth-order valence-electron chi connectivity index (χ4n) is 3.56. The summed E-state index contributed by atoms with van der Waals surface area (Å²) in [4.78, 5) is 23.1. The number of aromatic nitrogens is 2. The van der Waals surface area contributed by atoms with Crippen molar-refractivity contribution in [3.05, 3.63) is 53.2 Å². The molecule has 2 aliphatic rings. The van der Waals surface area contributed by atoms with Crippen molar-refractivity contribution in [1.29, 1.82) is 0 Å². The second-order valence-corrected chi connectivity index (χ2v) is 7.97. The maximum atomic E-state index is 12.8. The quantitative estimate of drug-likeness (QED) is 0.734. The molecule has 7 heteroatoms. The summed E-state index contributed by atoms with van der Waals surface area (Å²) in [5.41, 5.74) is 2.73. The Hall–Kier alpha value is -2.93. The zero-order valence-corrected chi connectivity index (χ0v) is 16.0. The van der Waals surface area contributed by atoms with Gasteiger partial charge in [0.05, 0.1) is 11.4 Å². The molecule has 0 spiro atoms. The Balaban J connectivity index is 1.29. The van der Waals surface area contributed by atoms with Gasteiger partial charge in [0.1, 0.15) is 18.2 Å². The largest absolute Gasteiger partial charge is 0.486 e. The van der Waals surface area contributed by atoms with Crippen molar-refractivity contribution in [1.82, 2.24) is 9.97 Å². The van der Waals surface area contributed by atoms with E-state index in [1.165, 1.54) is 4.88 Å². The highest BCUT2D eigenvalue weighted by Gasteiger charge is 2.28. The molecule has 1 unspecified atom stereocenters. The van der Waals surface area contributed by atoms with Gasteiger partial charge in [0.25, 0.3) is 0 Å². The summed E-state index contributed by atoms with van der Waals surface area (Å²) < 4.78 is 11.1. The van der Waals surface area contributed by atoms with Crippen molar-refractivity contribution in [3.63, 3.8) is 0 Å². The molecule has 1 aliphatic heterocycles. The van der Waals surface area contributed by atoms with Crippen molar-refractivity contribution in [2.75, 3.05) is 18.5 Å². The summed E-state index contributed by atoms with van der Waals surface area (Å²) >= 11 is 1.64. The average molecular weight is 393 g/mol. The van der Waals surface area contributed by atoms with Gasteiger partial charge in [0, 0.05) is 28.7 Å². The first kappa shape index (κ1) is 17.2. The van der Waals surface area contributed by atoms with E-state index >= 15 is 0 Å². The molecule has 1 N–H and O–H groups in total. The Morgan fingerprint density at radius 1 is 1.14 bits per heavy atom. The predicted octanol–water partition coefficient (Wildman–Crippen LogP) is 3.72. The van der Waals surface area contributed by atoms with Crippen LogP contribution in [-0.2, 0) is 17.6 Å². The van der Waals surface area contributed by atoms with Gasteiger partial charge in [-0.3, -0.25) is 9.78 Å². The minimum atomic E-state index is -0.0577. The number of amides is 1. The summed E-state index contributed by atoms with van der Waals surface area (Å²) in [5.74, 6) is 1.38. The molecule has 2 aromatic heterocycles. The third kappa shape index (κ3) is 3.33. The molecule has 1 amide bonds. The van der Waals surface area contributed by atoms with Crippen molar-refractivity contribution in [2.45, 2.75) is 19.3 Å². The third-order valence-electron chi connectivity index (χ3n) is 5.00. The lowest BCUT2D eigenvalue weighted by Crippen LogP contribution is -2.27. The molecular weight excluding hydrogens is 374 g/mol. The third-order valence-corrected chi connectivity index (χ3v) is 6.15. The molecule has 0 fully saturated rings. The highest BCUT2D eigenvalue weighted by atomic mass is 32.1. The van der Waals surface area contributed by atoms with Gasteiger partial charge < -0.3 is 14.8 Å². The van der Waals surface area contributed by atoms with Crippen LogP contribution in [0.25, 0.3) is 10.7 Å². The first-order valence-electron chi connectivity index (χ1n) is 9.37. The maximum Gasteiger partial charge on any atom is 0.227 e. The Labute approximate surface area is 166 Å². The van der Waals surface area contributed by atoms with Crippen LogP contribution in [0.1, 0.15) is 17.0 Å². The van der Waals surface area contributed by atoms with E-state index in [1.54, 1.807) is 17.5 Å². The summed E-state index contributed by atoms with van der Waals surface area (Å²) in [6, 6.07) is 11.3. The van der Waals surface area contributed by atoms with Gasteiger partial charge >= 0.3 is 0 Å². The van der Waals surface area contributed by atoms with Crippen LogP contribution >= 0.6 is 11.3 Å². The number of fused-ring (bicyclic) bond motifs is 2. The van der Waals surface area contributed by atoms with Gasteiger partial charge in [-0.1, -0.05) is 6.07 Å². The number of carbonyl (C=O) groups excluding carboxylic acids is 1. The van der Waals surface area contributed by atoms with Crippen LogP contribution in [0, 0.1) is 5.92 Å². The van der Waals surface area contributed by atoms with E-state index in [0.29, 0.717) is 19.0 Å². The molecule has 28 heavy (non-hydrogen) atoms. The number of carbonyl (C=O) groups is 1. The number of aryl methyl sites for hydroxylation is 1. The standard InChI is InChI=1S/C21H19N3O3S/c25-20(23-14-5-7-17-18(12-14)27-10-9-26-17)13-4-6-15-19(11-13)28-21(24-15)16-3-1-2-8-22-16/h1-3,5,7-8,12-13H,4,6,9-11H2,(H,23,25). The number of benzene rings is 1. The molecule has 0 bridgehead atoms. The molecule has 1 atom stereocenters. The monoisotopic (exact) mass is 393 g/mol. The topological polar surface area (TPSA) is 73.3 Å². The van der Waals surface area contributed by atoms with E-state index in [2.05, 4.69) is 10.3 Å². The van der Waals surface area contributed by atoms with E-state index in [9.17, 15) is 4.79 Å². The van der Waals surface area contributed by atoms with Crippen molar-refractivity contribution < 1.29 is 14.3 Å². The molecule has 1 aromatic carbocycles. The minimum Gasteiger partial charge on any atom is -0.486 e. The SMILES string of the molecule is O=C(Nc1ccc2c(c1)OCCO2)C1CCc2nc(-c3ccccn3)sc2C1. The maximum absolute atomic E-state index is 12.8. The predicted molar refractivity (Wildman–Crippen MR) is 107 cm³/mol. The summed E-state index contributed by atoms with van der Waals surface area (Å²) in [5, 5.41) is 3.96. The zero-order chi connectivity index (χ0) is 18.9. The molecule has 5 rings (SSSR count). The number of nitrogens with one attached hydrogen (secondary N) is 1. The second-order valence-electron chi connectivity index (χ2n) is 6.89. The van der Waals surface area contributed by atoms with Crippen LogP contribution in [0.5, 0.6) is 11.5 Å². The van der Waals surface area contributed by atoms with Gasteiger partial charge in [-0.2, -0.15) is 0 Å². The number of hydrogen-bond acceptors (Lipinski definition) is 6. The van der Waals surface area contributed by atoms with E-state index < -0.39 is 0 Å². The van der Waals surface area contributed by atoms with Crippen molar-refractivity contribution >= 4 is 22.9 Å². The number of rotatable bonds is 3. The normalized spacial score (nSPS) is 17.6. The summed E-state index contributed by atoms with van der Waals surface area (Å²) in [6.45, 7) is 1.08. The van der Waals surface area contributed by atoms with Crippen LogP contribution < -0.4 is 14.8 Å². The lowest BCUT2D eigenvalue weighted by Gasteiger charge is -2.22. The Bertz CT molecular complexity index is 1020. The number of thiazole rings is 1. The smallest absolute Gasteiger partial charge is 0.227 e. The number of anilines is 1. The molecule has 0 saturated heterocycles. The zero-order valence-electron chi connectivity index (χ0n) is 15.2.